The molecule has 0 radical (unpaired) electrons. The van der Waals surface area contributed by atoms with E-state index in [2.05, 4.69) is 0 Å². The van der Waals surface area contributed by atoms with Crippen LogP contribution in [0, 0.1) is 5.41 Å². The highest BCUT2D eigenvalue weighted by molar-refractivity contribution is 6.18. The van der Waals surface area contributed by atoms with Crippen molar-refractivity contribution in [3.05, 3.63) is 0 Å². The molecule has 2 unspecified atom stereocenters. The van der Waals surface area contributed by atoms with E-state index in [1.807, 2.05) is 20.8 Å². The van der Waals surface area contributed by atoms with Gasteiger partial charge in [-0.2, -0.15) is 0 Å². The smallest absolute Gasteiger partial charge is 0.311 e. The average Bonchev–Trinajstić information content (AvgIpc) is 3.05. The van der Waals surface area contributed by atoms with Crippen LogP contribution >= 0.6 is 11.6 Å². The normalized spacial score (nSPS) is 22.9. The van der Waals surface area contributed by atoms with E-state index in [0.717, 1.165) is 19.3 Å². The van der Waals surface area contributed by atoms with Gasteiger partial charge in [-0.3, -0.25) is 4.79 Å². The Morgan fingerprint density at radius 2 is 1.83 bits per heavy atom. The largest absolute Gasteiger partial charge is 0.465 e. The minimum Gasteiger partial charge on any atom is -0.465 e. The van der Waals surface area contributed by atoms with Crippen molar-refractivity contribution in [2.75, 3.05) is 12.5 Å². The molecule has 0 bridgehead atoms. The van der Waals surface area contributed by atoms with Gasteiger partial charge < -0.3 is 9.47 Å². The third-order valence-electron chi connectivity index (χ3n) is 3.07. The summed E-state index contributed by atoms with van der Waals surface area (Å²) in [5, 5.41) is 0. The lowest BCUT2D eigenvalue weighted by Crippen LogP contribution is -2.23. The highest BCUT2D eigenvalue weighted by Gasteiger charge is 2.36. The number of hydrogen-bond donors (Lipinski definition) is 0. The van der Waals surface area contributed by atoms with Crippen molar-refractivity contribution in [1.82, 2.24) is 0 Å². The lowest BCUT2D eigenvalue weighted by Gasteiger charge is -2.16. The summed E-state index contributed by atoms with van der Waals surface area (Å²) in [5.41, 5.74) is -0.389. The first-order valence-electron chi connectivity index (χ1n) is 6.84. The Kier molecular flexibility index (Phi) is 6.44. The fraction of sp³-hybridized carbons (Fsp3) is 0.929. The fourth-order valence-electron chi connectivity index (χ4n) is 1.75. The van der Waals surface area contributed by atoms with E-state index in [1.165, 1.54) is 12.8 Å². The molecule has 0 aromatic rings. The molecule has 0 saturated carbocycles. The average molecular weight is 277 g/mol. The number of unbranched alkanes of at least 4 members (excludes halogenated alkanes) is 3. The number of rotatable bonds is 8. The first kappa shape index (κ1) is 15.8. The third-order valence-corrected chi connectivity index (χ3v) is 3.37. The standard InChI is InChI=1S/C14H25ClO3/c1-14(2,3)13(16)17-9-7-5-4-6-8-11-12(10-15)18-11/h11-12H,4-10H2,1-3H3. The second-order valence-corrected chi connectivity index (χ2v) is 6.26. The molecule has 0 amide bonds. The van der Waals surface area contributed by atoms with Gasteiger partial charge in [0.25, 0.3) is 0 Å². The van der Waals surface area contributed by atoms with Crippen LogP contribution in [0.1, 0.15) is 52.9 Å². The summed E-state index contributed by atoms with van der Waals surface area (Å²) in [6.07, 6.45) is 6.22. The number of esters is 1. The van der Waals surface area contributed by atoms with E-state index in [0.29, 0.717) is 24.7 Å². The number of carbonyl (C=O) groups is 1. The summed E-state index contributed by atoms with van der Waals surface area (Å²) in [4.78, 5) is 11.5. The molecule has 1 heterocycles. The molecule has 18 heavy (non-hydrogen) atoms. The van der Waals surface area contributed by atoms with Crippen LogP contribution in [0.5, 0.6) is 0 Å². The molecule has 0 N–H and O–H groups in total. The van der Waals surface area contributed by atoms with Gasteiger partial charge in [0.2, 0.25) is 0 Å². The van der Waals surface area contributed by atoms with E-state index in [9.17, 15) is 4.79 Å². The molecular formula is C14H25ClO3. The molecule has 1 rings (SSSR count). The molecule has 1 fully saturated rings. The molecule has 4 heteroatoms. The predicted molar refractivity (Wildman–Crippen MR) is 72.9 cm³/mol. The lowest BCUT2D eigenvalue weighted by atomic mass is 9.97. The summed E-state index contributed by atoms with van der Waals surface area (Å²) >= 11 is 5.67. The van der Waals surface area contributed by atoms with Crippen molar-refractivity contribution in [3.8, 4) is 0 Å². The lowest BCUT2D eigenvalue weighted by molar-refractivity contribution is -0.153. The zero-order valence-corrected chi connectivity index (χ0v) is 12.5. The SMILES string of the molecule is CC(C)(C)C(=O)OCCCCCCC1OC1CCl. The molecule has 3 nitrogen and oxygen atoms in total. The zero-order chi connectivity index (χ0) is 13.6. The Hall–Kier alpha value is -0.280. The topological polar surface area (TPSA) is 38.8 Å². The van der Waals surface area contributed by atoms with Crippen molar-refractivity contribution < 1.29 is 14.3 Å². The van der Waals surface area contributed by atoms with Crippen molar-refractivity contribution >= 4 is 17.6 Å². The molecular weight excluding hydrogens is 252 g/mol. The zero-order valence-electron chi connectivity index (χ0n) is 11.7. The van der Waals surface area contributed by atoms with Gasteiger partial charge >= 0.3 is 5.97 Å². The van der Waals surface area contributed by atoms with E-state index < -0.39 is 0 Å². The Balaban J connectivity index is 1.86. The number of alkyl halides is 1. The maximum Gasteiger partial charge on any atom is 0.311 e. The molecule has 1 aliphatic heterocycles. The molecule has 0 aromatic heterocycles. The molecule has 106 valence electrons. The summed E-state index contributed by atoms with van der Waals surface area (Å²) in [5.74, 6) is 0.506. The van der Waals surface area contributed by atoms with Crippen molar-refractivity contribution in [2.24, 2.45) is 5.41 Å². The van der Waals surface area contributed by atoms with Crippen molar-refractivity contribution in [1.29, 1.82) is 0 Å². The second-order valence-electron chi connectivity index (χ2n) is 5.96. The van der Waals surface area contributed by atoms with Gasteiger partial charge in [0.15, 0.2) is 0 Å². The number of ether oxygens (including phenoxy) is 2. The van der Waals surface area contributed by atoms with Gasteiger partial charge in [0.05, 0.1) is 30.1 Å². The van der Waals surface area contributed by atoms with Gasteiger partial charge in [-0.15, -0.1) is 11.6 Å². The summed E-state index contributed by atoms with van der Waals surface area (Å²) in [6.45, 7) is 6.16. The van der Waals surface area contributed by atoms with Crippen LogP contribution in [0.2, 0.25) is 0 Å². The van der Waals surface area contributed by atoms with Gasteiger partial charge in [-0.1, -0.05) is 19.3 Å². The molecule has 0 spiro atoms. The van der Waals surface area contributed by atoms with E-state index in [-0.39, 0.29) is 11.4 Å². The summed E-state index contributed by atoms with van der Waals surface area (Å²) in [6, 6.07) is 0. The van der Waals surface area contributed by atoms with Crippen LogP contribution in [-0.4, -0.2) is 30.7 Å². The van der Waals surface area contributed by atoms with Crippen molar-refractivity contribution in [3.63, 3.8) is 0 Å². The van der Waals surface area contributed by atoms with Crippen molar-refractivity contribution in [2.45, 2.75) is 65.1 Å². The minimum atomic E-state index is -0.389. The monoisotopic (exact) mass is 276 g/mol. The van der Waals surface area contributed by atoms with E-state index >= 15 is 0 Å². The van der Waals surface area contributed by atoms with Gasteiger partial charge in [0, 0.05) is 0 Å². The van der Waals surface area contributed by atoms with Gasteiger partial charge in [-0.25, -0.2) is 0 Å². The van der Waals surface area contributed by atoms with Crippen LogP contribution in [-0.2, 0) is 14.3 Å². The van der Waals surface area contributed by atoms with Gasteiger partial charge in [0.1, 0.15) is 0 Å². The number of carbonyl (C=O) groups excluding carboxylic acids is 1. The van der Waals surface area contributed by atoms with Gasteiger partial charge in [-0.05, 0) is 33.6 Å². The van der Waals surface area contributed by atoms with E-state index in [1.54, 1.807) is 0 Å². The number of epoxide rings is 1. The molecule has 1 saturated heterocycles. The molecule has 0 aromatic carbocycles. The fourth-order valence-corrected chi connectivity index (χ4v) is 2.02. The Morgan fingerprint density at radius 1 is 1.17 bits per heavy atom. The first-order chi connectivity index (χ1) is 8.45. The summed E-state index contributed by atoms with van der Waals surface area (Å²) < 4.78 is 10.6. The highest BCUT2D eigenvalue weighted by Crippen LogP contribution is 2.28. The molecule has 1 aliphatic rings. The van der Waals surface area contributed by atoms with E-state index in [4.69, 9.17) is 21.1 Å². The van der Waals surface area contributed by atoms with Crippen LogP contribution < -0.4 is 0 Å². The Labute approximate surface area is 115 Å². The van der Waals surface area contributed by atoms with Crippen LogP contribution in [0.3, 0.4) is 0 Å². The Morgan fingerprint density at radius 3 is 2.39 bits per heavy atom. The molecule has 0 aliphatic carbocycles. The van der Waals surface area contributed by atoms with Crippen LogP contribution in [0.4, 0.5) is 0 Å². The molecule has 2 atom stereocenters. The predicted octanol–water partition coefficient (Wildman–Crippen LogP) is 3.53. The minimum absolute atomic E-state index is 0.112. The second kappa shape index (κ2) is 7.34. The van der Waals surface area contributed by atoms with Crippen LogP contribution in [0.25, 0.3) is 0 Å². The quantitative estimate of drug-likeness (QED) is 0.295. The maximum absolute atomic E-state index is 11.5. The maximum atomic E-state index is 11.5. The Bertz CT molecular complexity index is 260. The number of halogens is 1. The summed E-state index contributed by atoms with van der Waals surface area (Å²) in [7, 11) is 0. The first-order valence-corrected chi connectivity index (χ1v) is 7.37. The highest BCUT2D eigenvalue weighted by atomic mass is 35.5. The number of hydrogen-bond acceptors (Lipinski definition) is 3. The third kappa shape index (κ3) is 6.05. The van der Waals surface area contributed by atoms with Crippen LogP contribution in [0.15, 0.2) is 0 Å².